The third-order valence-electron chi connectivity index (χ3n) is 3.02. The molecule has 0 aromatic carbocycles. The number of rotatable bonds is 6. The zero-order valence-electron chi connectivity index (χ0n) is 11.5. The molecule has 0 bridgehead atoms. The number of carbonyl (C=O) groups is 2. The van der Waals surface area contributed by atoms with Crippen LogP contribution in [-0.4, -0.2) is 42.6 Å². The van der Waals surface area contributed by atoms with Gasteiger partial charge in [0, 0.05) is 19.3 Å². The molecular weight excluding hydrogens is 299 g/mol. The van der Waals surface area contributed by atoms with Crippen molar-refractivity contribution in [2.45, 2.75) is 25.1 Å². The summed E-state index contributed by atoms with van der Waals surface area (Å²) in [7, 11) is 1.33. The lowest BCUT2D eigenvalue weighted by atomic mass is 10.2. The van der Waals surface area contributed by atoms with Gasteiger partial charge in [0.05, 0.1) is 17.8 Å². The maximum Gasteiger partial charge on any atom is 0.256 e. The number of hydrogen-bond acceptors (Lipinski definition) is 4. The van der Waals surface area contributed by atoms with Gasteiger partial charge in [0.1, 0.15) is 5.15 Å². The molecule has 1 aliphatic rings. The molecule has 0 spiro atoms. The Bertz CT molecular complexity index is 551. The van der Waals surface area contributed by atoms with E-state index in [-0.39, 0.29) is 10.7 Å². The van der Waals surface area contributed by atoms with E-state index in [0.29, 0.717) is 11.7 Å². The molecule has 1 aliphatic carbocycles. The first-order valence-corrected chi connectivity index (χ1v) is 6.95. The van der Waals surface area contributed by atoms with Crippen LogP contribution in [0.1, 0.15) is 23.2 Å². The van der Waals surface area contributed by atoms with E-state index >= 15 is 0 Å². The first kappa shape index (κ1) is 15.5. The third-order valence-corrected chi connectivity index (χ3v) is 3.23. The number of halogens is 2. The van der Waals surface area contributed by atoms with Gasteiger partial charge in [-0.1, -0.05) is 11.6 Å². The Morgan fingerprint density at radius 1 is 1.52 bits per heavy atom. The quantitative estimate of drug-likeness (QED) is 0.687. The van der Waals surface area contributed by atoms with Crippen LogP contribution in [0.15, 0.2) is 12.3 Å². The molecule has 21 heavy (non-hydrogen) atoms. The number of alkyl halides is 1. The summed E-state index contributed by atoms with van der Waals surface area (Å²) in [4.78, 5) is 27.0. The van der Waals surface area contributed by atoms with E-state index < -0.39 is 24.5 Å². The van der Waals surface area contributed by atoms with Gasteiger partial charge >= 0.3 is 0 Å². The summed E-state index contributed by atoms with van der Waals surface area (Å²) in [6.45, 7) is -0.399. The lowest BCUT2D eigenvalue weighted by Gasteiger charge is -2.12. The molecule has 0 radical (unpaired) electrons. The zero-order chi connectivity index (χ0) is 15.4. The van der Waals surface area contributed by atoms with Crippen LogP contribution in [0, 0.1) is 0 Å². The van der Waals surface area contributed by atoms with E-state index in [1.807, 2.05) is 0 Å². The Morgan fingerprint density at radius 2 is 2.24 bits per heavy atom. The van der Waals surface area contributed by atoms with E-state index in [2.05, 4.69) is 20.9 Å². The van der Waals surface area contributed by atoms with Crippen molar-refractivity contribution in [3.63, 3.8) is 0 Å². The summed E-state index contributed by atoms with van der Waals surface area (Å²) in [5.41, 5.74) is 0.834. The molecule has 1 fully saturated rings. The monoisotopic (exact) mass is 314 g/mol. The van der Waals surface area contributed by atoms with Crippen molar-refractivity contribution in [2.75, 3.05) is 18.9 Å². The third kappa shape index (κ3) is 4.29. The molecule has 8 heteroatoms. The van der Waals surface area contributed by atoms with Crippen molar-refractivity contribution in [2.24, 2.45) is 0 Å². The highest BCUT2D eigenvalue weighted by molar-refractivity contribution is 6.29. The second-order valence-corrected chi connectivity index (χ2v) is 5.15. The molecule has 2 amide bonds. The number of hydrogen-bond donors (Lipinski definition) is 3. The van der Waals surface area contributed by atoms with Crippen molar-refractivity contribution < 1.29 is 14.0 Å². The molecule has 1 saturated carbocycles. The van der Waals surface area contributed by atoms with Gasteiger partial charge in [-0.25, -0.2) is 9.37 Å². The van der Waals surface area contributed by atoms with Crippen LogP contribution in [0.4, 0.5) is 10.1 Å². The summed E-state index contributed by atoms with van der Waals surface area (Å²) in [6, 6.07) is 1.88. The van der Waals surface area contributed by atoms with Gasteiger partial charge in [-0.05, 0) is 18.9 Å². The van der Waals surface area contributed by atoms with Gasteiger partial charge in [0.25, 0.3) is 11.8 Å². The van der Waals surface area contributed by atoms with Crippen molar-refractivity contribution in [1.29, 1.82) is 0 Å². The highest BCUT2D eigenvalue weighted by Crippen LogP contribution is 2.27. The molecule has 6 nitrogen and oxygen atoms in total. The fourth-order valence-corrected chi connectivity index (χ4v) is 1.86. The molecule has 2 rings (SSSR count). The predicted octanol–water partition coefficient (Wildman–Crippen LogP) is 1.12. The fraction of sp³-hybridized carbons (Fsp3) is 0.462. The molecule has 0 aliphatic heterocycles. The highest BCUT2D eigenvalue weighted by Gasteiger charge is 2.24. The average Bonchev–Trinajstić information content (AvgIpc) is 3.27. The van der Waals surface area contributed by atoms with Gasteiger partial charge in [-0.15, -0.1) is 0 Å². The van der Waals surface area contributed by atoms with E-state index in [4.69, 9.17) is 11.6 Å². The Morgan fingerprint density at radius 3 is 2.86 bits per heavy atom. The number of nitrogens with zero attached hydrogens (tertiary/aromatic N) is 1. The van der Waals surface area contributed by atoms with Crippen LogP contribution in [0.3, 0.4) is 0 Å². The zero-order valence-corrected chi connectivity index (χ0v) is 12.2. The summed E-state index contributed by atoms with van der Waals surface area (Å²) < 4.78 is 13.4. The Labute approximate surface area is 126 Å². The van der Waals surface area contributed by atoms with Crippen LogP contribution in [0.2, 0.25) is 5.15 Å². The SMILES string of the molecule is CNC(=O)[C@H](F)CNC(=O)c1cnc(Cl)cc1NC1CC1. The molecule has 0 unspecified atom stereocenters. The highest BCUT2D eigenvalue weighted by atomic mass is 35.5. The normalized spacial score (nSPS) is 15.2. The number of aromatic nitrogens is 1. The van der Waals surface area contributed by atoms with Gasteiger partial charge in [0.2, 0.25) is 0 Å². The lowest BCUT2D eigenvalue weighted by Crippen LogP contribution is -2.39. The predicted molar refractivity (Wildman–Crippen MR) is 77.2 cm³/mol. The molecule has 1 atom stereocenters. The molecule has 1 aromatic rings. The van der Waals surface area contributed by atoms with E-state index in [1.54, 1.807) is 6.07 Å². The van der Waals surface area contributed by atoms with Crippen LogP contribution >= 0.6 is 11.6 Å². The first-order chi connectivity index (χ1) is 10.0. The smallest absolute Gasteiger partial charge is 0.256 e. The molecule has 1 heterocycles. The van der Waals surface area contributed by atoms with E-state index in [0.717, 1.165) is 12.8 Å². The number of nitrogens with one attached hydrogen (secondary N) is 3. The van der Waals surface area contributed by atoms with Crippen LogP contribution in [0.25, 0.3) is 0 Å². The Balaban J connectivity index is 2.02. The molecule has 3 N–H and O–H groups in total. The maximum absolute atomic E-state index is 13.4. The summed E-state index contributed by atoms with van der Waals surface area (Å²) in [6.07, 6.45) is 1.60. The molecular formula is C13H16ClFN4O2. The van der Waals surface area contributed by atoms with E-state index in [9.17, 15) is 14.0 Å². The van der Waals surface area contributed by atoms with Crippen molar-refractivity contribution in [3.05, 3.63) is 23.0 Å². The molecule has 0 saturated heterocycles. The van der Waals surface area contributed by atoms with Crippen LogP contribution < -0.4 is 16.0 Å². The van der Waals surface area contributed by atoms with Crippen LogP contribution in [-0.2, 0) is 4.79 Å². The second-order valence-electron chi connectivity index (χ2n) is 4.76. The van der Waals surface area contributed by atoms with Crippen molar-refractivity contribution in [3.8, 4) is 0 Å². The number of pyridine rings is 1. The largest absolute Gasteiger partial charge is 0.382 e. The molecule has 114 valence electrons. The van der Waals surface area contributed by atoms with Gasteiger partial charge < -0.3 is 16.0 Å². The number of amides is 2. The van der Waals surface area contributed by atoms with Gasteiger partial charge in [0.15, 0.2) is 6.17 Å². The van der Waals surface area contributed by atoms with Crippen LogP contribution in [0.5, 0.6) is 0 Å². The minimum absolute atomic E-state index is 0.267. The van der Waals surface area contributed by atoms with Gasteiger partial charge in [-0.2, -0.15) is 0 Å². The fourth-order valence-electron chi connectivity index (χ4n) is 1.70. The minimum Gasteiger partial charge on any atom is -0.382 e. The lowest BCUT2D eigenvalue weighted by molar-refractivity contribution is -0.125. The summed E-state index contributed by atoms with van der Waals surface area (Å²) in [5.74, 6) is -1.28. The van der Waals surface area contributed by atoms with Gasteiger partial charge in [-0.3, -0.25) is 9.59 Å². The Kier molecular flexibility index (Phi) is 4.95. The van der Waals surface area contributed by atoms with Crippen molar-refractivity contribution >= 4 is 29.1 Å². The summed E-state index contributed by atoms with van der Waals surface area (Å²) in [5, 5.41) is 7.98. The van der Waals surface area contributed by atoms with E-state index in [1.165, 1.54) is 13.2 Å². The number of carbonyl (C=O) groups excluding carboxylic acids is 2. The average molecular weight is 315 g/mol. The first-order valence-electron chi connectivity index (χ1n) is 6.57. The minimum atomic E-state index is -1.79. The maximum atomic E-state index is 13.4. The second kappa shape index (κ2) is 6.71. The Hall–Kier alpha value is -1.89. The standard InChI is InChI=1S/C13H16ClFN4O2/c1-16-13(21)9(15)6-18-12(20)8-5-17-11(14)4-10(8)19-7-2-3-7/h4-5,7,9H,2-3,6H2,1H3,(H,16,21)(H,17,19)(H,18,20)/t9-/m1/s1. The number of anilines is 1. The molecule has 1 aromatic heterocycles. The summed E-state index contributed by atoms with van der Waals surface area (Å²) >= 11 is 5.82. The van der Waals surface area contributed by atoms with Crippen molar-refractivity contribution in [1.82, 2.24) is 15.6 Å². The topological polar surface area (TPSA) is 83.1 Å².